The number of aliphatic hydroxyl groups excluding tert-OH is 1. The molecule has 2 N–H and O–H groups in total. The van der Waals surface area contributed by atoms with Crippen molar-refractivity contribution < 1.29 is 13.5 Å². The van der Waals surface area contributed by atoms with Gasteiger partial charge < -0.3 is 5.11 Å². The van der Waals surface area contributed by atoms with Gasteiger partial charge in [0.1, 0.15) is 4.90 Å². The monoisotopic (exact) mass is 333 g/mol. The van der Waals surface area contributed by atoms with Crippen LogP contribution in [-0.4, -0.2) is 23.7 Å². The van der Waals surface area contributed by atoms with Gasteiger partial charge in [-0.15, -0.1) is 5.10 Å². The summed E-state index contributed by atoms with van der Waals surface area (Å²) in [5, 5.41) is 16.4. The zero-order chi connectivity index (χ0) is 14.8. The van der Waals surface area contributed by atoms with Crippen LogP contribution in [0.3, 0.4) is 0 Å². The number of aromatic nitrogens is 2. The molecule has 1 heterocycles. The van der Waals surface area contributed by atoms with E-state index in [2.05, 4.69) is 14.9 Å². The highest BCUT2D eigenvalue weighted by Crippen LogP contribution is 2.31. The normalized spacial score (nSPS) is 11.3. The Morgan fingerprint density at radius 3 is 2.60 bits per heavy atom. The molecule has 1 aromatic carbocycles. The molecule has 20 heavy (non-hydrogen) atoms. The number of benzene rings is 1. The zero-order valence-electron chi connectivity index (χ0n) is 9.92. The third-order valence-corrected chi connectivity index (χ3v) is 4.70. The highest BCUT2D eigenvalue weighted by Gasteiger charge is 2.22. The second-order valence-electron chi connectivity index (χ2n) is 3.71. The number of nitrogens with one attached hydrogen (secondary N) is 1. The van der Waals surface area contributed by atoms with Gasteiger partial charge in [-0.05, 0) is 24.3 Å². The predicted octanol–water partition coefficient (Wildman–Crippen LogP) is 2.08. The summed E-state index contributed by atoms with van der Waals surface area (Å²) >= 11 is 11.8. The predicted molar refractivity (Wildman–Crippen MR) is 75.2 cm³/mol. The molecule has 0 amide bonds. The van der Waals surface area contributed by atoms with E-state index in [4.69, 9.17) is 23.2 Å². The Labute approximate surface area is 125 Å². The molecule has 0 aliphatic heterocycles. The standard InChI is InChI=1S/C11H9Cl2N3O3S/c12-8-3-4-9(11(13)7(8)6-17)20(18,19)16-10-2-1-5-14-15-10/h1-5,17H,6H2,(H,15,16). The molecule has 106 valence electrons. The smallest absolute Gasteiger partial charge is 0.264 e. The summed E-state index contributed by atoms with van der Waals surface area (Å²) in [4.78, 5) is -0.196. The van der Waals surface area contributed by atoms with Crippen LogP contribution in [0.25, 0.3) is 0 Å². The van der Waals surface area contributed by atoms with Crippen molar-refractivity contribution in [1.29, 1.82) is 0 Å². The van der Waals surface area contributed by atoms with E-state index in [1.807, 2.05) is 0 Å². The molecule has 9 heteroatoms. The molecule has 0 unspecified atom stereocenters. The van der Waals surface area contributed by atoms with Crippen LogP contribution in [0.5, 0.6) is 0 Å². The van der Waals surface area contributed by atoms with Crippen LogP contribution in [0, 0.1) is 0 Å². The molecule has 1 aromatic heterocycles. The molecule has 0 aliphatic carbocycles. The highest BCUT2D eigenvalue weighted by atomic mass is 35.5. The quantitative estimate of drug-likeness (QED) is 0.893. The molecule has 0 bridgehead atoms. The van der Waals surface area contributed by atoms with E-state index in [0.29, 0.717) is 0 Å². The van der Waals surface area contributed by atoms with Crippen molar-refractivity contribution in [2.75, 3.05) is 4.72 Å². The average Bonchev–Trinajstić information content (AvgIpc) is 2.39. The maximum atomic E-state index is 12.2. The van der Waals surface area contributed by atoms with E-state index in [1.165, 1.54) is 30.5 Å². The molecule has 0 atom stereocenters. The molecular weight excluding hydrogens is 325 g/mol. The maximum absolute atomic E-state index is 12.2. The molecule has 2 aromatic rings. The number of halogens is 2. The van der Waals surface area contributed by atoms with Crippen LogP contribution in [0.2, 0.25) is 10.0 Å². The van der Waals surface area contributed by atoms with Gasteiger partial charge >= 0.3 is 0 Å². The Kier molecular flexibility index (Phi) is 4.44. The minimum Gasteiger partial charge on any atom is -0.392 e. The minimum atomic E-state index is -3.95. The number of aliphatic hydroxyl groups is 1. The summed E-state index contributed by atoms with van der Waals surface area (Å²) in [7, 11) is -3.95. The van der Waals surface area contributed by atoms with Gasteiger partial charge in [-0.2, -0.15) is 5.10 Å². The van der Waals surface area contributed by atoms with Gasteiger partial charge in [0.2, 0.25) is 0 Å². The van der Waals surface area contributed by atoms with Crippen LogP contribution in [-0.2, 0) is 16.6 Å². The third-order valence-electron chi connectivity index (χ3n) is 2.41. The lowest BCUT2D eigenvalue weighted by molar-refractivity contribution is 0.282. The van der Waals surface area contributed by atoms with Gasteiger partial charge in [-0.25, -0.2) is 8.42 Å². The Morgan fingerprint density at radius 1 is 1.25 bits per heavy atom. The zero-order valence-corrected chi connectivity index (χ0v) is 12.2. The summed E-state index contributed by atoms with van der Waals surface area (Å²) in [5.41, 5.74) is 0.148. The molecule has 6 nitrogen and oxygen atoms in total. The summed E-state index contributed by atoms with van der Waals surface area (Å²) in [6, 6.07) is 5.58. The molecule has 0 saturated carbocycles. The molecular formula is C11H9Cl2N3O3S. The molecule has 0 saturated heterocycles. The maximum Gasteiger partial charge on any atom is 0.264 e. The third kappa shape index (κ3) is 3.01. The largest absolute Gasteiger partial charge is 0.392 e. The lowest BCUT2D eigenvalue weighted by atomic mass is 10.2. The first-order valence-corrected chi connectivity index (χ1v) is 7.58. The number of sulfonamides is 1. The number of hydrogen-bond donors (Lipinski definition) is 2. The van der Waals surface area contributed by atoms with Crippen molar-refractivity contribution >= 4 is 39.0 Å². The van der Waals surface area contributed by atoms with E-state index < -0.39 is 16.6 Å². The highest BCUT2D eigenvalue weighted by molar-refractivity contribution is 7.92. The minimum absolute atomic E-state index is 0.0593. The van der Waals surface area contributed by atoms with Gasteiger partial charge in [0, 0.05) is 16.8 Å². The molecule has 0 aliphatic rings. The van der Waals surface area contributed by atoms with E-state index in [-0.39, 0.29) is 26.3 Å². The van der Waals surface area contributed by atoms with Crippen LogP contribution in [0.1, 0.15) is 5.56 Å². The SMILES string of the molecule is O=S(=O)(Nc1cccnn1)c1ccc(Cl)c(CO)c1Cl. The second kappa shape index (κ2) is 5.92. The van der Waals surface area contributed by atoms with Crippen molar-refractivity contribution in [3.8, 4) is 0 Å². The van der Waals surface area contributed by atoms with Gasteiger partial charge in [0.15, 0.2) is 5.82 Å². The Morgan fingerprint density at radius 2 is 2.00 bits per heavy atom. The van der Waals surface area contributed by atoms with Crippen LogP contribution >= 0.6 is 23.2 Å². The summed E-state index contributed by atoms with van der Waals surface area (Å²) < 4.78 is 26.7. The van der Waals surface area contributed by atoms with Crippen molar-refractivity contribution in [2.24, 2.45) is 0 Å². The summed E-state index contributed by atoms with van der Waals surface area (Å²) in [6.45, 7) is -0.466. The van der Waals surface area contributed by atoms with Crippen molar-refractivity contribution in [3.05, 3.63) is 46.1 Å². The fourth-order valence-corrected chi connectivity index (χ4v) is 3.37. The topological polar surface area (TPSA) is 92.2 Å². The Bertz CT molecular complexity index is 723. The van der Waals surface area contributed by atoms with E-state index in [0.717, 1.165) is 0 Å². The summed E-state index contributed by atoms with van der Waals surface area (Å²) in [5.74, 6) is 0.0593. The molecule has 0 spiro atoms. The van der Waals surface area contributed by atoms with Crippen LogP contribution in [0.4, 0.5) is 5.82 Å². The van der Waals surface area contributed by atoms with Crippen LogP contribution < -0.4 is 4.72 Å². The lowest BCUT2D eigenvalue weighted by Gasteiger charge is -2.11. The van der Waals surface area contributed by atoms with Gasteiger partial charge in [0.05, 0.1) is 11.6 Å². The summed E-state index contributed by atoms with van der Waals surface area (Å²) in [6.07, 6.45) is 1.41. The van der Waals surface area contributed by atoms with Gasteiger partial charge in [0.25, 0.3) is 10.0 Å². The number of hydrogen-bond acceptors (Lipinski definition) is 5. The van der Waals surface area contributed by atoms with Crippen LogP contribution in [0.15, 0.2) is 35.4 Å². The van der Waals surface area contributed by atoms with E-state index in [9.17, 15) is 13.5 Å². The number of rotatable bonds is 4. The average molecular weight is 334 g/mol. The fourth-order valence-electron chi connectivity index (χ4n) is 1.48. The molecule has 0 radical (unpaired) electrons. The van der Waals surface area contributed by atoms with E-state index in [1.54, 1.807) is 0 Å². The fraction of sp³-hybridized carbons (Fsp3) is 0.0909. The second-order valence-corrected chi connectivity index (χ2v) is 6.15. The first-order chi connectivity index (χ1) is 9.45. The lowest BCUT2D eigenvalue weighted by Crippen LogP contribution is -2.15. The first-order valence-electron chi connectivity index (χ1n) is 5.34. The molecule has 0 fully saturated rings. The van der Waals surface area contributed by atoms with Gasteiger partial charge in [-0.3, -0.25) is 4.72 Å². The Hall–Kier alpha value is -1.41. The Balaban J connectivity index is 2.45. The van der Waals surface area contributed by atoms with Crippen molar-refractivity contribution in [1.82, 2.24) is 10.2 Å². The van der Waals surface area contributed by atoms with Crippen molar-refractivity contribution in [2.45, 2.75) is 11.5 Å². The molecule has 2 rings (SSSR count). The number of anilines is 1. The number of nitrogens with zero attached hydrogens (tertiary/aromatic N) is 2. The van der Waals surface area contributed by atoms with E-state index >= 15 is 0 Å². The first kappa shape index (κ1) is 15.0. The van der Waals surface area contributed by atoms with Crippen molar-refractivity contribution in [3.63, 3.8) is 0 Å². The van der Waals surface area contributed by atoms with Gasteiger partial charge in [-0.1, -0.05) is 23.2 Å².